The van der Waals surface area contributed by atoms with E-state index in [1.165, 1.54) is 5.56 Å². The summed E-state index contributed by atoms with van der Waals surface area (Å²) in [6, 6.07) is 39.9. The molecule has 5 heteroatoms. The first kappa shape index (κ1) is 32.4. The van der Waals surface area contributed by atoms with Crippen molar-refractivity contribution in [1.82, 2.24) is 0 Å². The maximum atomic E-state index is 10.6. The van der Waals surface area contributed by atoms with E-state index in [1.807, 2.05) is 121 Å². The summed E-state index contributed by atoms with van der Waals surface area (Å²) >= 11 is 0. The average molecular weight is 615 g/mol. The lowest BCUT2D eigenvalue weighted by Gasteiger charge is -2.18. The molecule has 5 rings (SSSR count). The van der Waals surface area contributed by atoms with E-state index in [1.54, 1.807) is 6.07 Å². The fourth-order valence-electron chi connectivity index (χ4n) is 5.15. The van der Waals surface area contributed by atoms with Crippen molar-refractivity contribution in [2.75, 3.05) is 6.61 Å². The molecule has 0 spiro atoms. The predicted octanol–water partition coefficient (Wildman–Crippen LogP) is 9.09. The predicted molar refractivity (Wildman–Crippen MR) is 184 cm³/mol. The standard InChI is InChI=1S/C41H42O5/c42-25-12-4-11-14-32-23-24-38(43)37(26-32)22-13-21-36-27-39(44-29-33-15-5-1-6-16-33)41(46-31-35-19-9-3-10-20-35)40(28-36)45-30-34-17-7-2-8-18-34/h1-3,5-10,13,15-21,23-24,26-28,42-43H,4,11-12,14,22,25,29-31H2. The molecule has 0 saturated carbocycles. The Morgan fingerprint density at radius 1 is 0.543 bits per heavy atom. The first-order chi connectivity index (χ1) is 22.7. The van der Waals surface area contributed by atoms with Crippen LogP contribution in [0.25, 0.3) is 6.08 Å². The van der Waals surface area contributed by atoms with E-state index in [9.17, 15) is 5.11 Å². The van der Waals surface area contributed by atoms with Gasteiger partial charge in [-0.1, -0.05) is 122 Å². The third kappa shape index (κ3) is 10.0. The van der Waals surface area contributed by atoms with Gasteiger partial charge in [0.2, 0.25) is 5.75 Å². The number of phenols is 1. The van der Waals surface area contributed by atoms with E-state index in [-0.39, 0.29) is 12.4 Å². The second-order valence-corrected chi connectivity index (χ2v) is 11.3. The van der Waals surface area contributed by atoms with Crippen LogP contribution in [0, 0.1) is 0 Å². The minimum absolute atomic E-state index is 0.226. The Morgan fingerprint density at radius 3 is 1.63 bits per heavy atom. The Hall–Kier alpha value is -5.00. The first-order valence-electron chi connectivity index (χ1n) is 15.9. The van der Waals surface area contributed by atoms with Gasteiger partial charge in [0, 0.05) is 6.61 Å². The molecule has 236 valence electrons. The van der Waals surface area contributed by atoms with Gasteiger partial charge in [-0.05, 0) is 77.3 Å². The maximum Gasteiger partial charge on any atom is 0.203 e. The number of phenolic OH excluding ortho intramolecular Hbond substituents is 1. The van der Waals surface area contributed by atoms with Crippen LogP contribution in [0.15, 0.2) is 127 Å². The fourth-order valence-corrected chi connectivity index (χ4v) is 5.15. The summed E-state index contributed by atoms with van der Waals surface area (Å²) in [5, 5.41) is 19.6. The molecule has 0 saturated heterocycles. The molecule has 0 radical (unpaired) electrons. The van der Waals surface area contributed by atoms with Gasteiger partial charge >= 0.3 is 0 Å². The monoisotopic (exact) mass is 614 g/mol. The highest BCUT2D eigenvalue weighted by molar-refractivity contribution is 5.62. The summed E-state index contributed by atoms with van der Waals surface area (Å²) in [6.45, 7) is 1.36. The highest BCUT2D eigenvalue weighted by Gasteiger charge is 2.16. The van der Waals surface area contributed by atoms with E-state index >= 15 is 0 Å². The molecule has 46 heavy (non-hydrogen) atoms. The van der Waals surface area contributed by atoms with Gasteiger partial charge < -0.3 is 24.4 Å². The third-order valence-electron chi connectivity index (χ3n) is 7.66. The highest BCUT2D eigenvalue weighted by Crippen LogP contribution is 2.41. The van der Waals surface area contributed by atoms with Crippen LogP contribution in [-0.4, -0.2) is 16.8 Å². The second-order valence-electron chi connectivity index (χ2n) is 11.3. The summed E-state index contributed by atoms with van der Waals surface area (Å²) < 4.78 is 19.2. The normalized spacial score (nSPS) is 11.1. The van der Waals surface area contributed by atoms with Crippen molar-refractivity contribution in [3.63, 3.8) is 0 Å². The molecule has 0 atom stereocenters. The van der Waals surface area contributed by atoms with Gasteiger partial charge in [0.05, 0.1) is 0 Å². The topological polar surface area (TPSA) is 68.2 Å². The van der Waals surface area contributed by atoms with Crippen molar-refractivity contribution >= 4 is 6.08 Å². The van der Waals surface area contributed by atoms with E-state index in [0.29, 0.717) is 43.5 Å². The zero-order chi connectivity index (χ0) is 31.8. The molecule has 5 aromatic rings. The van der Waals surface area contributed by atoms with Crippen molar-refractivity contribution in [3.8, 4) is 23.0 Å². The number of allylic oxidation sites excluding steroid dienone is 1. The maximum absolute atomic E-state index is 10.6. The summed E-state index contributed by atoms with van der Waals surface area (Å²) in [4.78, 5) is 0. The fraction of sp³-hybridized carbons (Fsp3) is 0.220. The largest absolute Gasteiger partial charge is 0.508 e. The van der Waals surface area contributed by atoms with Gasteiger partial charge in [-0.25, -0.2) is 0 Å². The number of aliphatic hydroxyl groups is 1. The molecule has 5 aromatic carbocycles. The number of hydrogen-bond donors (Lipinski definition) is 2. The average Bonchev–Trinajstić information content (AvgIpc) is 3.10. The number of rotatable bonds is 17. The number of aromatic hydroxyl groups is 1. The van der Waals surface area contributed by atoms with E-state index in [2.05, 4.69) is 6.07 Å². The molecule has 0 heterocycles. The number of hydrogen-bond acceptors (Lipinski definition) is 5. The van der Waals surface area contributed by atoms with Crippen molar-refractivity contribution in [2.45, 2.75) is 51.9 Å². The smallest absolute Gasteiger partial charge is 0.203 e. The lowest BCUT2D eigenvalue weighted by molar-refractivity contribution is 0.230. The summed E-state index contributed by atoms with van der Waals surface area (Å²) in [5.41, 5.74) is 6.11. The van der Waals surface area contributed by atoms with Crippen molar-refractivity contribution in [2.24, 2.45) is 0 Å². The summed E-state index contributed by atoms with van der Waals surface area (Å²) in [5.74, 6) is 2.03. The number of unbranched alkanes of at least 4 members (excludes halogenated alkanes) is 2. The number of aryl methyl sites for hydroxylation is 1. The second kappa shape index (κ2) is 17.5. The van der Waals surface area contributed by atoms with Gasteiger partial charge in [0.1, 0.15) is 25.6 Å². The lowest BCUT2D eigenvalue weighted by atomic mass is 10.0. The van der Waals surface area contributed by atoms with Gasteiger partial charge in [0.25, 0.3) is 0 Å². The van der Waals surface area contributed by atoms with Crippen LogP contribution >= 0.6 is 0 Å². The zero-order valence-electron chi connectivity index (χ0n) is 26.2. The van der Waals surface area contributed by atoms with Crippen molar-refractivity contribution in [3.05, 3.63) is 161 Å². The van der Waals surface area contributed by atoms with Gasteiger partial charge in [-0.3, -0.25) is 0 Å². The minimum atomic E-state index is 0.226. The SMILES string of the molecule is OCCCCCc1ccc(O)c(CC=Cc2cc(OCc3ccccc3)c(OCc3ccccc3)c(OCc3ccccc3)c2)c1. The molecule has 0 aliphatic carbocycles. The Kier molecular flexibility index (Phi) is 12.3. The molecule has 0 unspecified atom stereocenters. The molecule has 5 nitrogen and oxygen atoms in total. The van der Waals surface area contributed by atoms with Crippen LogP contribution in [0.4, 0.5) is 0 Å². The van der Waals surface area contributed by atoms with E-state index < -0.39 is 0 Å². The Bertz CT molecular complexity index is 1580. The molecule has 0 fully saturated rings. The van der Waals surface area contributed by atoms with Crippen LogP contribution in [-0.2, 0) is 32.7 Å². The Balaban J connectivity index is 1.41. The number of benzene rings is 5. The molecule has 0 bridgehead atoms. The van der Waals surface area contributed by atoms with Gasteiger partial charge in [0.15, 0.2) is 11.5 Å². The first-order valence-corrected chi connectivity index (χ1v) is 15.9. The zero-order valence-corrected chi connectivity index (χ0v) is 26.2. The molecule has 0 aliphatic heterocycles. The quantitative estimate of drug-likeness (QED) is 0.102. The van der Waals surface area contributed by atoms with E-state index in [0.717, 1.165) is 53.5 Å². The van der Waals surface area contributed by atoms with Crippen LogP contribution < -0.4 is 14.2 Å². The highest BCUT2D eigenvalue weighted by atomic mass is 16.5. The molecule has 2 N–H and O–H groups in total. The minimum Gasteiger partial charge on any atom is -0.508 e. The molecule has 0 aromatic heterocycles. The van der Waals surface area contributed by atoms with Crippen molar-refractivity contribution < 1.29 is 24.4 Å². The Morgan fingerprint density at radius 2 is 1.09 bits per heavy atom. The molecular weight excluding hydrogens is 572 g/mol. The van der Waals surface area contributed by atoms with Crippen LogP contribution in [0.2, 0.25) is 0 Å². The Labute approximate surface area is 272 Å². The molecule has 0 aliphatic rings. The van der Waals surface area contributed by atoms with Crippen LogP contribution in [0.3, 0.4) is 0 Å². The van der Waals surface area contributed by atoms with Crippen LogP contribution in [0.1, 0.15) is 52.6 Å². The third-order valence-corrected chi connectivity index (χ3v) is 7.66. The van der Waals surface area contributed by atoms with Gasteiger partial charge in [-0.2, -0.15) is 0 Å². The van der Waals surface area contributed by atoms with Crippen LogP contribution in [0.5, 0.6) is 23.0 Å². The molecule has 0 amide bonds. The lowest BCUT2D eigenvalue weighted by Crippen LogP contribution is -2.04. The molecular formula is C41H42O5. The summed E-state index contributed by atoms with van der Waals surface area (Å²) in [6.07, 6.45) is 8.38. The van der Waals surface area contributed by atoms with E-state index in [4.69, 9.17) is 19.3 Å². The number of ether oxygens (including phenoxy) is 3. The van der Waals surface area contributed by atoms with Crippen molar-refractivity contribution in [1.29, 1.82) is 0 Å². The number of aliphatic hydroxyl groups excluding tert-OH is 1. The van der Waals surface area contributed by atoms with Gasteiger partial charge in [-0.15, -0.1) is 0 Å². The summed E-state index contributed by atoms with van der Waals surface area (Å²) in [7, 11) is 0.